The van der Waals surface area contributed by atoms with Gasteiger partial charge in [-0.2, -0.15) is 5.10 Å². The van der Waals surface area contributed by atoms with E-state index in [4.69, 9.17) is 25.2 Å². The number of aromatic nitrogens is 8. The number of aryl methyl sites for hydroxylation is 1. The highest BCUT2D eigenvalue weighted by Gasteiger charge is 2.25. The van der Waals surface area contributed by atoms with Crippen LogP contribution in [0.2, 0.25) is 0 Å². The van der Waals surface area contributed by atoms with Crippen molar-refractivity contribution in [1.29, 1.82) is 0 Å². The first-order valence-corrected chi connectivity index (χ1v) is 19.2. The molecule has 0 spiro atoms. The lowest BCUT2D eigenvalue weighted by atomic mass is 10.0. The maximum Gasteiger partial charge on any atom is 0.274 e. The van der Waals surface area contributed by atoms with Crippen LogP contribution < -0.4 is 20.5 Å². The average molecular weight is 805 g/mol. The number of nitrogens with two attached hydrogens (primary N) is 1. The summed E-state index contributed by atoms with van der Waals surface area (Å²) in [7, 11) is 7.17. The van der Waals surface area contributed by atoms with Crippen LogP contribution in [-0.2, 0) is 13.1 Å². The van der Waals surface area contributed by atoms with Crippen molar-refractivity contribution >= 4 is 29.1 Å². The third kappa shape index (κ3) is 8.08. The molecule has 304 valence electrons. The Morgan fingerprint density at radius 1 is 0.850 bits per heavy atom. The molecule has 0 aliphatic heterocycles. The molecule has 2 aromatic carbocycles. The lowest BCUT2D eigenvalue weighted by molar-refractivity contribution is 0.0726. The van der Waals surface area contributed by atoms with Gasteiger partial charge < -0.3 is 30.3 Å². The van der Waals surface area contributed by atoms with E-state index in [0.29, 0.717) is 76.3 Å². The van der Waals surface area contributed by atoms with Crippen LogP contribution in [0.25, 0.3) is 44.9 Å². The number of hydrogen-bond donors (Lipinski definition) is 3. The number of aromatic amines is 1. The minimum Gasteiger partial charge on any atom is -0.497 e. The van der Waals surface area contributed by atoms with E-state index in [1.54, 1.807) is 61.3 Å². The number of nitrogen functional groups attached to an aromatic ring is 1. The SMILES string of the molecule is COc1cccc(CNC(=O)c2c(C)nc3c(-c4cc(-c5cn[nH]c5)cc5nc(C(=O)N(CCN(C)C)Cc6cccc(OC)c6)cn45)cc(-c4ccnc(N)n4)cn23)c1. The number of hydrogen-bond acceptors (Lipinski definition) is 11. The highest BCUT2D eigenvalue weighted by molar-refractivity contribution is 5.97. The quantitative estimate of drug-likeness (QED) is 0.125. The highest BCUT2D eigenvalue weighted by Crippen LogP contribution is 2.35. The number of nitrogens with zero attached hydrogens (tertiary/aromatic N) is 9. The molecule has 0 saturated heterocycles. The molecule has 16 heteroatoms. The second-order valence-electron chi connectivity index (χ2n) is 14.6. The number of carbonyl (C=O) groups excluding carboxylic acids is 2. The molecule has 0 bridgehead atoms. The van der Waals surface area contributed by atoms with Crippen LogP contribution in [0.15, 0.2) is 104 Å². The predicted molar refractivity (Wildman–Crippen MR) is 228 cm³/mol. The minimum atomic E-state index is -0.324. The molecule has 0 saturated carbocycles. The minimum absolute atomic E-state index is 0.0992. The number of nitrogens with one attached hydrogen (secondary N) is 2. The number of rotatable bonds is 14. The molecule has 6 heterocycles. The fourth-order valence-electron chi connectivity index (χ4n) is 7.14. The van der Waals surface area contributed by atoms with Crippen molar-refractivity contribution in [1.82, 2.24) is 54.1 Å². The molecule has 60 heavy (non-hydrogen) atoms. The largest absolute Gasteiger partial charge is 0.497 e. The van der Waals surface area contributed by atoms with Gasteiger partial charge in [-0.15, -0.1) is 0 Å². The molecular weight excluding hydrogens is 761 g/mol. The van der Waals surface area contributed by atoms with Gasteiger partial charge in [-0.05, 0) is 86.2 Å². The van der Waals surface area contributed by atoms with Crippen LogP contribution in [0.5, 0.6) is 11.5 Å². The van der Waals surface area contributed by atoms with E-state index in [-0.39, 0.29) is 30.0 Å². The fourth-order valence-corrected chi connectivity index (χ4v) is 7.14. The molecule has 0 aliphatic rings. The van der Waals surface area contributed by atoms with Gasteiger partial charge in [-0.1, -0.05) is 24.3 Å². The third-order valence-corrected chi connectivity index (χ3v) is 10.2. The first kappa shape index (κ1) is 39.2. The summed E-state index contributed by atoms with van der Waals surface area (Å²) in [5.74, 6) is 0.942. The topological polar surface area (TPSA) is 186 Å². The number of amides is 2. The second kappa shape index (κ2) is 16.7. The first-order chi connectivity index (χ1) is 29.1. The Balaban J connectivity index is 1.28. The second-order valence-corrected chi connectivity index (χ2v) is 14.6. The first-order valence-electron chi connectivity index (χ1n) is 19.2. The number of ether oxygens (including phenoxy) is 2. The Hall–Kier alpha value is -7.59. The Labute approximate surface area is 345 Å². The van der Waals surface area contributed by atoms with Gasteiger partial charge in [0.1, 0.15) is 34.2 Å². The van der Waals surface area contributed by atoms with Gasteiger partial charge in [0.05, 0.1) is 37.5 Å². The van der Waals surface area contributed by atoms with Crippen LogP contribution in [0, 0.1) is 6.92 Å². The molecule has 0 fully saturated rings. The third-order valence-electron chi connectivity index (χ3n) is 10.2. The Morgan fingerprint density at radius 2 is 1.62 bits per heavy atom. The molecule has 2 amide bonds. The van der Waals surface area contributed by atoms with Crippen molar-refractivity contribution in [3.05, 3.63) is 132 Å². The highest BCUT2D eigenvalue weighted by atomic mass is 16.5. The van der Waals surface area contributed by atoms with Crippen LogP contribution in [-0.4, -0.2) is 102 Å². The number of imidazole rings is 2. The normalized spacial score (nSPS) is 11.4. The zero-order chi connectivity index (χ0) is 41.9. The zero-order valence-corrected chi connectivity index (χ0v) is 33.9. The summed E-state index contributed by atoms with van der Waals surface area (Å²) in [5.41, 5.74) is 14.1. The molecule has 6 aromatic heterocycles. The number of likely N-dealkylation sites (N-methyl/N-ethyl adjacent to an activating group) is 1. The van der Waals surface area contributed by atoms with Gasteiger partial charge >= 0.3 is 0 Å². The van der Waals surface area contributed by atoms with E-state index in [1.165, 1.54) is 0 Å². The smallest absolute Gasteiger partial charge is 0.274 e. The van der Waals surface area contributed by atoms with Crippen molar-refractivity contribution in [2.24, 2.45) is 0 Å². The summed E-state index contributed by atoms with van der Waals surface area (Å²) in [6.45, 7) is 3.53. The molecule has 8 aromatic rings. The van der Waals surface area contributed by atoms with Gasteiger partial charge in [-0.3, -0.25) is 23.5 Å². The van der Waals surface area contributed by atoms with Crippen LogP contribution >= 0.6 is 0 Å². The maximum absolute atomic E-state index is 14.5. The van der Waals surface area contributed by atoms with Gasteiger partial charge in [-0.25, -0.2) is 19.9 Å². The number of benzene rings is 2. The molecule has 8 rings (SSSR count). The number of pyridine rings is 2. The number of methoxy groups -OCH3 is 2. The van der Waals surface area contributed by atoms with Gasteiger partial charge in [0.2, 0.25) is 5.95 Å². The van der Waals surface area contributed by atoms with Crippen molar-refractivity contribution in [2.75, 3.05) is 47.1 Å². The monoisotopic (exact) mass is 804 g/mol. The fraction of sp³-hybridized carbons (Fsp3) is 0.205. The van der Waals surface area contributed by atoms with Gasteiger partial charge in [0, 0.05) is 67.7 Å². The van der Waals surface area contributed by atoms with Crippen LogP contribution in [0.1, 0.15) is 37.8 Å². The summed E-state index contributed by atoms with van der Waals surface area (Å²) in [5, 5.41) is 10.2. The molecule has 0 aliphatic carbocycles. The van der Waals surface area contributed by atoms with E-state index in [0.717, 1.165) is 22.3 Å². The van der Waals surface area contributed by atoms with Crippen molar-refractivity contribution in [2.45, 2.75) is 20.0 Å². The maximum atomic E-state index is 14.5. The van der Waals surface area contributed by atoms with Gasteiger partial charge in [0.25, 0.3) is 11.8 Å². The predicted octanol–water partition coefficient (Wildman–Crippen LogP) is 5.54. The van der Waals surface area contributed by atoms with E-state index < -0.39 is 0 Å². The van der Waals surface area contributed by atoms with E-state index in [2.05, 4.69) is 25.5 Å². The van der Waals surface area contributed by atoms with Gasteiger partial charge in [0.15, 0.2) is 0 Å². The van der Waals surface area contributed by atoms with Crippen LogP contribution in [0.4, 0.5) is 5.95 Å². The van der Waals surface area contributed by atoms with Crippen molar-refractivity contribution in [3.63, 3.8) is 0 Å². The zero-order valence-electron chi connectivity index (χ0n) is 33.9. The summed E-state index contributed by atoms with van der Waals surface area (Å²) >= 11 is 0. The number of H-pyrrole nitrogens is 1. The average Bonchev–Trinajstić information content (AvgIpc) is 4.03. The lowest BCUT2D eigenvalue weighted by Gasteiger charge is -2.24. The van der Waals surface area contributed by atoms with E-state index in [1.807, 2.05) is 96.3 Å². The summed E-state index contributed by atoms with van der Waals surface area (Å²) < 4.78 is 14.5. The molecule has 16 nitrogen and oxygen atoms in total. The molecule has 0 unspecified atom stereocenters. The molecule has 0 atom stereocenters. The summed E-state index contributed by atoms with van der Waals surface area (Å²) in [4.78, 5) is 51.1. The Morgan fingerprint density at radius 3 is 2.33 bits per heavy atom. The van der Waals surface area contributed by atoms with E-state index >= 15 is 0 Å². The standard InChI is InChI=1S/C44H44N12O4/c1-27-40(42(57)47-21-28-8-6-10-33(16-28)59-4)56-25-31(36-12-13-46-44(45)52-36)18-35(41(56)50-27)38-19-30(32-22-48-49-23-32)20-39-51-37(26-55(38)39)43(58)54(15-14-53(2)3)24-29-9-7-11-34(17-29)60-5/h6-13,16-20,22-23,25-26H,14-15,21,24H2,1-5H3,(H,47,57)(H,48,49)(H2,45,46,52). The van der Waals surface area contributed by atoms with Crippen molar-refractivity contribution in [3.8, 4) is 45.1 Å². The van der Waals surface area contributed by atoms with E-state index in [9.17, 15) is 9.59 Å². The molecule has 4 N–H and O–H groups in total. The molecule has 0 radical (unpaired) electrons. The Bertz CT molecular complexity index is 2850. The molecular formula is C44H44N12O4. The summed E-state index contributed by atoms with van der Waals surface area (Å²) in [6.07, 6.45) is 8.68. The number of fused-ring (bicyclic) bond motifs is 2. The van der Waals surface area contributed by atoms with Crippen molar-refractivity contribution < 1.29 is 19.1 Å². The van der Waals surface area contributed by atoms with Crippen LogP contribution in [0.3, 0.4) is 0 Å². The number of anilines is 1. The Kier molecular flexibility index (Phi) is 10.9. The lowest BCUT2D eigenvalue weighted by Crippen LogP contribution is -2.36. The summed E-state index contributed by atoms with van der Waals surface area (Å²) in [6, 6.07) is 22.8. The number of carbonyl (C=O) groups is 2.